The molecule has 3 aromatic rings. The highest BCUT2D eigenvalue weighted by Crippen LogP contribution is 2.45. The number of carbonyl (C=O) groups excluding carboxylic acids is 4. The lowest BCUT2D eigenvalue weighted by atomic mass is 9.76. The van der Waals surface area contributed by atoms with E-state index < -0.39 is 40.2 Å². The van der Waals surface area contributed by atoms with Gasteiger partial charge in [-0.1, -0.05) is 102 Å². The molecule has 0 saturated heterocycles. The Labute approximate surface area is 390 Å². The van der Waals surface area contributed by atoms with Crippen LogP contribution in [-0.2, 0) is 57.7 Å². The van der Waals surface area contributed by atoms with E-state index in [0.717, 1.165) is 36.8 Å². The Balaban J connectivity index is 0.000000294. The molecule has 2 unspecified atom stereocenters. The third-order valence-electron chi connectivity index (χ3n) is 11.9. The van der Waals surface area contributed by atoms with Gasteiger partial charge in [-0.25, -0.2) is 0 Å². The molecule has 10 nitrogen and oxygen atoms in total. The van der Waals surface area contributed by atoms with Crippen molar-refractivity contribution in [1.82, 2.24) is 0 Å². The van der Waals surface area contributed by atoms with Gasteiger partial charge in [-0.05, 0) is 125 Å². The van der Waals surface area contributed by atoms with Crippen LogP contribution in [0.15, 0.2) is 66.7 Å². The highest BCUT2D eigenvalue weighted by molar-refractivity contribution is 6.35. The molecule has 2 aliphatic carbocycles. The SMILES string of the molecule is CC(C)(C)OC(=O)C(CCC(=O)C1(CC(=O)OCc2ccccc2)CCCC1)Cc1cc(Cl)cc(Cl)c1.O=C(O)CC1(C(=O)CCC(Cc2cc(Cl)cc(Cl)c2)C(=O)O)CCCC1. The molecule has 2 atom stereocenters. The second-order valence-corrected chi connectivity index (χ2v) is 19.8. The summed E-state index contributed by atoms with van der Waals surface area (Å²) in [6.07, 6.45) is 7.13. The predicted molar refractivity (Wildman–Crippen MR) is 244 cm³/mol. The van der Waals surface area contributed by atoms with Crippen molar-refractivity contribution in [2.75, 3.05) is 0 Å². The van der Waals surface area contributed by atoms with Gasteiger partial charge in [-0.3, -0.25) is 28.8 Å². The van der Waals surface area contributed by atoms with Gasteiger partial charge in [0.25, 0.3) is 0 Å². The Morgan fingerprint density at radius 3 is 1.48 bits per heavy atom. The first-order chi connectivity index (χ1) is 29.7. The summed E-state index contributed by atoms with van der Waals surface area (Å²) in [4.78, 5) is 74.8. The molecular formula is C49H58Cl4O10. The molecule has 14 heteroatoms. The smallest absolute Gasteiger partial charge is 0.309 e. The maximum absolute atomic E-state index is 13.5. The van der Waals surface area contributed by atoms with Crippen LogP contribution in [0.2, 0.25) is 20.1 Å². The van der Waals surface area contributed by atoms with Gasteiger partial charge < -0.3 is 19.7 Å². The van der Waals surface area contributed by atoms with E-state index in [2.05, 4.69) is 0 Å². The number of benzene rings is 3. The van der Waals surface area contributed by atoms with E-state index in [1.165, 1.54) is 0 Å². The van der Waals surface area contributed by atoms with Gasteiger partial charge in [0.05, 0.1) is 24.7 Å². The van der Waals surface area contributed by atoms with Crippen molar-refractivity contribution in [1.29, 1.82) is 0 Å². The normalized spacial score (nSPS) is 16.2. The highest BCUT2D eigenvalue weighted by Gasteiger charge is 2.44. The number of esters is 2. The zero-order chi connectivity index (χ0) is 46.4. The fourth-order valence-corrected chi connectivity index (χ4v) is 9.88. The number of ketones is 2. The maximum atomic E-state index is 13.5. The van der Waals surface area contributed by atoms with Gasteiger partial charge in [-0.15, -0.1) is 0 Å². The van der Waals surface area contributed by atoms with Gasteiger partial charge in [0.1, 0.15) is 23.8 Å². The molecule has 0 spiro atoms. The minimum atomic E-state index is -0.993. The molecule has 0 aromatic heterocycles. The van der Waals surface area contributed by atoms with Crippen molar-refractivity contribution >= 4 is 81.8 Å². The van der Waals surface area contributed by atoms with E-state index in [1.54, 1.807) is 36.4 Å². The van der Waals surface area contributed by atoms with Crippen LogP contribution in [0.1, 0.15) is 127 Å². The topological polar surface area (TPSA) is 161 Å². The van der Waals surface area contributed by atoms with Gasteiger partial charge in [0.15, 0.2) is 0 Å². The first-order valence-corrected chi connectivity index (χ1v) is 23.0. The van der Waals surface area contributed by atoms with E-state index in [-0.39, 0.29) is 68.6 Å². The van der Waals surface area contributed by atoms with Crippen LogP contribution >= 0.6 is 46.4 Å². The second-order valence-electron chi connectivity index (χ2n) is 18.0. The summed E-state index contributed by atoms with van der Waals surface area (Å²) in [5.41, 5.74) is 0.203. The molecule has 0 aliphatic heterocycles. The Morgan fingerprint density at radius 2 is 1.05 bits per heavy atom. The molecule has 2 N–H and O–H groups in total. The van der Waals surface area contributed by atoms with Crippen LogP contribution in [0, 0.1) is 22.7 Å². The molecule has 2 fully saturated rings. The minimum Gasteiger partial charge on any atom is -0.481 e. The third-order valence-corrected chi connectivity index (χ3v) is 12.7. The number of rotatable bonds is 20. The van der Waals surface area contributed by atoms with Gasteiger partial charge >= 0.3 is 23.9 Å². The van der Waals surface area contributed by atoms with Crippen molar-refractivity contribution < 1.29 is 48.5 Å². The average molecular weight is 949 g/mol. The Bertz CT molecular complexity index is 2030. The van der Waals surface area contributed by atoms with Crippen LogP contribution in [0.25, 0.3) is 0 Å². The largest absolute Gasteiger partial charge is 0.481 e. The average Bonchev–Trinajstić information content (AvgIpc) is 3.87. The van der Waals surface area contributed by atoms with Crippen molar-refractivity contribution in [2.24, 2.45) is 22.7 Å². The maximum Gasteiger partial charge on any atom is 0.309 e. The summed E-state index contributed by atoms with van der Waals surface area (Å²) in [7, 11) is 0. The van der Waals surface area contributed by atoms with Crippen LogP contribution in [-0.4, -0.2) is 51.3 Å². The standard InChI is InChI=1S/C30H36Cl2O5.C19H22Cl2O5/c1-29(2,3)37-28(35)23(15-22-16-24(31)18-25(32)17-22)11-12-26(33)30(13-7-8-14-30)19-27(34)36-20-21-9-5-4-6-10-21;20-14-8-12(9-15(21)10-14)7-13(18(25)26)3-4-16(22)19(11-17(23)24)5-1-2-6-19/h4-6,9-10,16-18,23H,7-8,11-15,19-20H2,1-3H3;8-10,13H,1-7,11H2,(H,23,24)(H,25,26). The second kappa shape index (κ2) is 23.8. The van der Waals surface area contributed by atoms with Crippen LogP contribution in [0.3, 0.4) is 0 Å². The van der Waals surface area contributed by atoms with E-state index in [1.807, 2.05) is 51.1 Å². The van der Waals surface area contributed by atoms with Crippen molar-refractivity contribution in [3.8, 4) is 0 Å². The van der Waals surface area contributed by atoms with E-state index >= 15 is 0 Å². The van der Waals surface area contributed by atoms with Crippen molar-refractivity contribution in [3.63, 3.8) is 0 Å². The highest BCUT2D eigenvalue weighted by atomic mass is 35.5. The van der Waals surface area contributed by atoms with Crippen molar-refractivity contribution in [3.05, 3.63) is 104 Å². The number of carbonyl (C=O) groups is 6. The third kappa shape index (κ3) is 16.8. The van der Waals surface area contributed by atoms with E-state index in [0.29, 0.717) is 64.2 Å². The number of carboxylic acids is 2. The first kappa shape index (κ1) is 51.7. The van der Waals surface area contributed by atoms with Gasteiger partial charge in [0, 0.05) is 43.8 Å². The van der Waals surface area contributed by atoms with Gasteiger partial charge in [-0.2, -0.15) is 0 Å². The Hall–Kier alpha value is -3.96. The predicted octanol–water partition coefficient (Wildman–Crippen LogP) is 12.2. The van der Waals surface area contributed by atoms with Crippen molar-refractivity contribution in [2.45, 2.75) is 136 Å². The lowest BCUT2D eigenvalue weighted by Crippen LogP contribution is -2.34. The summed E-state index contributed by atoms with van der Waals surface area (Å²) < 4.78 is 11.2. The number of Topliss-reactive ketones (excluding diaryl/α,β-unsaturated/α-hetero) is 2. The minimum absolute atomic E-state index is 0.0133. The molecule has 2 aliphatic rings. The van der Waals surface area contributed by atoms with Gasteiger partial charge in [0.2, 0.25) is 0 Å². The lowest BCUT2D eigenvalue weighted by molar-refractivity contribution is -0.160. The number of ether oxygens (including phenoxy) is 2. The molecule has 342 valence electrons. The Kier molecular flexibility index (Phi) is 19.5. The summed E-state index contributed by atoms with van der Waals surface area (Å²) >= 11 is 24.2. The summed E-state index contributed by atoms with van der Waals surface area (Å²) in [6, 6.07) is 19.6. The molecule has 2 saturated carbocycles. The van der Waals surface area contributed by atoms with Crippen LogP contribution in [0.5, 0.6) is 0 Å². The molecule has 0 amide bonds. The van der Waals surface area contributed by atoms with E-state index in [9.17, 15) is 33.9 Å². The first-order valence-electron chi connectivity index (χ1n) is 21.5. The van der Waals surface area contributed by atoms with E-state index in [4.69, 9.17) is 61.0 Å². The molecule has 5 rings (SSSR count). The molecule has 0 heterocycles. The molecule has 0 radical (unpaired) electrons. The zero-order valence-corrected chi connectivity index (χ0v) is 39.2. The van der Waals surface area contributed by atoms with Crippen LogP contribution < -0.4 is 0 Å². The number of halogens is 4. The Morgan fingerprint density at radius 1 is 0.619 bits per heavy atom. The molecule has 3 aromatic carbocycles. The summed E-state index contributed by atoms with van der Waals surface area (Å²) in [5.74, 6) is -4.11. The summed E-state index contributed by atoms with van der Waals surface area (Å²) in [5, 5.41) is 20.5. The molecule has 63 heavy (non-hydrogen) atoms. The fourth-order valence-electron chi connectivity index (χ4n) is 8.74. The fraction of sp³-hybridized carbons (Fsp3) is 0.510. The zero-order valence-electron chi connectivity index (χ0n) is 36.2. The van der Waals surface area contributed by atoms with Crippen LogP contribution in [0.4, 0.5) is 0 Å². The summed E-state index contributed by atoms with van der Waals surface area (Å²) in [6.45, 7) is 5.64. The lowest BCUT2D eigenvalue weighted by Gasteiger charge is -2.28. The number of hydrogen-bond acceptors (Lipinski definition) is 8. The molecular weight excluding hydrogens is 890 g/mol. The number of hydrogen-bond donors (Lipinski definition) is 2. The quantitative estimate of drug-likeness (QED) is 0.104. The molecule has 0 bridgehead atoms. The monoisotopic (exact) mass is 946 g/mol. The number of carboxylic acid groups (broad SMARTS) is 2. The number of aliphatic carboxylic acids is 2.